The van der Waals surface area contributed by atoms with E-state index in [2.05, 4.69) is 13.8 Å². The second kappa shape index (κ2) is 4.50. The Bertz CT molecular complexity index is 81.0. The van der Waals surface area contributed by atoms with Crippen molar-refractivity contribution in [2.24, 2.45) is 17.6 Å². The van der Waals surface area contributed by atoms with E-state index in [1.54, 1.807) is 0 Å². The molecule has 0 aliphatic carbocycles. The molecule has 0 fully saturated rings. The fourth-order valence-electron chi connectivity index (χ4n) is 0.761. The van der Waals surface area contributed by atoms with E-state index >= 15 is 0 Å². The quantitative estimate of drug-likeness (QED) is 0.606. The molecule has 1 unspecified atom stereocenters. The first-order chi connectivity index (χ1) is 4.20. The van der Waals surface area contributed by atoms with Crippen LogP contribution in [0.4, 0.5) is 0 Å². The van der Waals surface area contributed by atoms with Crippen LogP contribution in [0.5, 0.6) is 0 Å². The molecule has 0 aromatic rings. The Morgan fingerprint density at radius 3 is 2.22 bits per heavy atom. The molecule has 1 atom stereocenters. The molecule has 0 aromatic carbocycles. The van der Waals surface area contributed by atoms with Crippen molar-refractivity contribution in [2.45, 2.75) is 20.3 Å². The van der Waals surface area contributed by atoms with Crippen LogP contribution in [0.2, 0.25) is 0 Å². The highest BCUT2D eigenvalue weighted by Gasteiger charge is 2.06. The Kier molecular flexibility index (Phi) is 4.32. The Morgan fingerprint density at radius 2 is 2.11 bits per heavy atom. The summed E-state index contributed by atoms with van der Waals surface area (Å²) in [6, 6.07) is 0. The zero-order valence-electron chi connectivity index (χ0n) is 6.05. The molecule has 2 N–H and O–H groups in total. The van der Waals surface area contributed by atoms with Crippen molar-refractivity contribution in [2.75, 3.05) is 6.54 Å². The van der Waals surface area contributed by atoms with Gasteiger partial charge in [-0.3, -0.25) is 4.79 Å². The van der Waals surface area contributed by atoms with Gasteiger partial charge in [-0.15, -0.1) is 0 Å². The van der Waals surface area contributed by atoms with Crippen molar-refractivity contribution in [3.63, 3.8) is 0 Å². The predicted octanol–water partition coefficient (Wildman–Crippen LogP) is 0.717. The van der Waals surface area contributed by atoms with E-state index in [-0.39, 0.29) is 5.92 Å². The van der Waals surface area contributed by atoms with Crippen molar-refractivity contribution < 1.29 is 4.79 Å². The Balaban J connectivity index is 3.42. The predicted molar refractivity (Wildman–Crippen MR) is 37.7 cm³/mol. The number of carbonyl (C=O) groups excluding carboxylic acids is 1. The first-order valence-electron chi connectivity index (χ1n) is 3.28. The summed E-state index contributed by atoms with van der Waals surface area (Å²) >= 11 is 0. The number of rotatable bonds is 4. The van der Waals surface area contributed by atoms with Crippen molar-refractivity contribution >= 4 is 6.29 Å². The lowest BCUT2D eigenvalue weighted by Gasteiger charge is -2.07. The van der Waals surface area contributed by atoms with E-state index in [0.29, 0.717) is 12.5 Å². The van der Waals surface area contributed by atoms with E-state index in [1.165, 1.54) is 0 Å². The molecule has 0 rings (SSSR count). The van der Waals surface area contributed by atoms with Gasteiger partial charge in [0.1, 0.15) is 0 Å². The zero-order valence-corrected chi connectivity index (χ0v) is 6.05. The summed E-state index contributed by atoms with van der Waals surface area (Å²) in [7, 11) is 0. The molecule has 0 saturated heterocycles. The van der Waals surface area contributed by atoms with Crippen LogP contribution in [0.3, 0.4) is 0 Å². The van der Waals surface area contributed by atoms with Crippen molar-refractivity contribution in [1.29, 1.82) is 0 Å². The van der Waals surface area contributed by atoms with Crippen LogP contribution in [0.1, 0.15) is 20.3 Å². The fourth-order valence-corrected chi connectivity index (χ4v) is 0.761. The van der Waals surface area contributed by atoms with E-state index < -0.39 is 0 Å². The van der Waals surface area contributed by atoms with Gasteiger partial charge in [-0.2, -0.15) is 0 Å². The van der Waals surface area contributed by atoms with Crippen molar-refractivity contribution in [1.82, 2.24) is 0 Å². The number of hydrogen-bond acceptors (Lipinski definition) is 2. The summed E-state index contributed by atoms with van der Waals surface area (Å²) in [5.41, 5.74) is 5.27. The number of hydrogen-bond donors (Lipinski definition) is 1. The van der Waals surface area contributed by atoms with Crippen LogP contribution in [-0.4, -0.2) is 12.8 Å². The first-order valence-corrected chi connectivity index (χ1v) is 3.28. The minimum Gasteiger partial charge on any atom is -0.330 e. The Hall–Kier alpha value is -0.370. The molecule has 0 saturated carbocycles. The van der Waals surface area contributed by atoms with Crippen LogP contribution in [0, 0.1) is 11.8 Å². The molecule has 9 heavy (non-hydrogen) atoms. The second-order valence-corrected chi connectivity index (χ2v) is 2.68. The van der Waals surface area contributed by atoms with Gasteiger partial charge in [0, 0.05) is 12.5 Å². The Morgan fingerprint density at radius 1 is 1.56 bits per heavy atom. The lowest BCUT2D eigenvalue weighted by molar-refractivity contribution is 0.462. The summed E-state index contributed by atoms with van der Waals surface area (Å²) in [4.78, 5) is 10.1. The largest absolute Gasteiger partial charge is 0.330 e. The molecule has 0 bridgehead atoms. The van der Waals surface area contributed by atoms with E-state index in [4.69, 9.17) is 5.73 Å². The minimum absolute atomic E-state index is 0.0509. The van der Waals surface area contributed by atoms with Gasteiger partial charge in [0.15, 0.2) is 0 Å². The summed E-state index contributed by atoms with van der Waals surface area (Å²) in [5, 5.41) is 0. The fraction of sp³-hybridized carbons (Fsp3) is 0.857. The van der Waals surface area contributed by atoms with Crippen LogP contribution in [-0.2, 0) is 4.79 Å². The molecule has 53 valence electrons. The maximum absolute atomic E-state index is 10.1. The molecule has 2 heteroatoms. The van der Waals surface area contributed by atoms with Gasteiger partial charge < -0.3 is 5.73 Å². The average Bonchev–Trinajstić information content (AvgIpc) is 1.82. The lowest BCUT2D eigenvalue weighted by Crippen LogP contribution is -2.17. The zero-order chi connectivity index (χ0) is 7.28. The van der Waals surface area contributed by atoms with Gasteiger partial charge in [-0.1, -0.05) is 13.8 Å². The van der Waals surface area contributed by atoms with E-state index in [9.17, 15) is 4.79 Å². The van der Waals surface area contributed by atoms with E-state index in [1.807, 2.05) is 6.29 Å². The van der Waals surface area contributed by atoms with Crippen molar-refractivity contribution in [3.8, 4) is 0 Å². The summed E-state index contributed by atoms with van der Waals surface area (Å²) in [5.74, 6) is 0.491. The van der Waals surface area contributed by atoms with Crippen LogP contribution >= 0.6 is 0 Å². The summed E-state index contributed by atoms with van der Waals surface area (Å²) in [6.45, 7) is 4.57. The van der Waals surface area contributed by atoms with Gasteiger partial charge in [0.25, 0.3) is 0 Å². The standard InChI is InChI=1S/C7H14NO/c1-6(2)3-7(4-8)5-9/h6-7H,3-4,8H2,1-2H3. The molecule has 0 aromatic heterocycles. The highest BCUT2D eigenvalue weighted by molar-refractivity contribution is 5.54. The van der Waals surface area contributed by atoms with Gasteiger partial charge >= 0.3 is 0 Å². The monoisotopic (exact) mass is 128 g/mol. The summed E-state index contributed by atoms with van der Waals surface area (Å²) < 4.78 is 0. The summed E-state index contributed by atoms with van der Waals surface area (Å²) in [6.07, 6.45) is 2.77. The van der Waals surface area contributed by atoms with Crippen molar-refractivity contribution in [3.05, 3.63) is 0 Å². The SMILES string of the molecule is CC(C)CC([C]=O)CN. The lowest BCUT2D eigenvalue weighted by atomic mass is 9.99. The van der Waals surface area contributed by atoms with Gasteiger partial charge in [0.2, 0.25) is 6.29 Å². The first kappa shape index (κ1) is 8.63. The highest BCUT2D eigenvalue weighted by atomic mass is 16.1. The minimum atomic E-state index is -0.0509. The van der Waals surface area contributed by atoms with Crippen LogP contribution in [0.15, 0.2) is 0 Å². The topological polar surface area (TPSA) is 43.1 Å². The van der Waals surface area contributed by atoms with Crippen LogP contribution in [0.25, 0.3) is 0 Å². The van der Waals surface area contributed by atoms with Gasteiger partial charge in [0.05, 0.1) is 0 Å². The second-order valence-electron chi connectivity index (χ2n) is 2.68. The molecule has 0 heterocycles. The molecule has 0 aliphatic rings. The molecule has 1 radical (unpaired) electrons. The molecule has 2 nitrogen and oxygen atoms in total. The average molecular weight is 128 g/mol. The molecule has 0 spiro atoms. The van der Waals surface area contributed by atoms with Crippen LogP contribution < -0.4 is 5.73 Å². The third kappa shape index (κ3) is 4.15. The Labute approximate surface area is 56.4 Å². The van der Waals surface area contributed by atoms with Gasteiger partial charge in [-0.05, 0) is 12.3 Å². The van der Waals surface area contributed by atoms with Gasteiger partial charge in [-0.25, -0.2) is 0 Å². The third-order valence-electron chi connectivity index (χ3n) is 1.21. The number of nitrogens with two attached hydrogens (primary N) is 1. The molecule has 0 amide bonds. The maximum atomic E-state index is 10.1. The third-order valence-corrected chi connectivity index (χ3v) is 1.21. The normalized spacial score (nSPS) is 13.8. The highest BCUT2D eigenvalue weighted by Crippen LogP contribution is 2.06. The molecular weight excluding hydrogens is 114 g/mol. The maximum Gasteiger partial charge on any atom is 0.203 e. The van der Waals surface area contributed by atoms with E-state index in [0.717, 1.165) is 6.42 Å². The molecule has 0 aliphatic heterocycles. The molecular formula is C7H14NO. The smallest absolute Gasteiger partial charge is 0.203 e.